The molecule has 0 spiro atoms. The number of amides is 3. The number of fused-ring (bicyclic) bond motifs is 1. The number of aromatic nitrogens is 2. The maximum Gasteiger partial charge on any atom is 0.322 e. The lowest BCUT2D eigenvalue weighted by Crippen LogP contribution is -2.55. The lowest BCUT2D eigenvalue weighted by molar-refractivity contribution is -0.125. The molecule has 162 valence electrons. The molecule has 2 aliphatic heterocycles. The molecule has 2 aromatic rings. The van der Waals surface area contributed by atoms with Gasteiger partial charge in [0, 0.05) is 20.1 Å². The maximum atomic E-state index is 12.2. The minimum absolute atomic E-state index is 0. The van der Waals surface area contributed by atoms with Gasteiger partial charge >= 0.3 is 6.03 Å². The molecule has 0 saturated carbocycles. The van der Waals surface area contributed by atoms with Crippen molar-refractivity contribution < 1.29 is 9.59 Å². The molecule has 2 saturated heterocycles. The second-order valence-electron chi connectivity index (χ2n) is 7.98. The largest absolute Gasteiger partial charge is 0.349 e. The first-order chi connectivity index (χ1) is 13.9. The molecule has 0 radical (unpaired) electrons. The molecule has 3 amide bonds. The van der Waals surface area contributed by atoms with Crippen LogP contribution in [0.3, 0.4) is 0 Å². The summed E-state index contributed by atoms with van der Waals surface area (Å²) in [5, 5.41) is 8.52. The summed E-state index contributed by atoms with van der Waals surface area (Å²) in [5.74, 6) is 1.54. The zero-order valence-corrected chi connectivity index (χ0v) is 19.7. The molecule has 1 aromatic carbocycles. The molecule has 0 aliphatic carbocycles. The van der Waals surface area contributed by atoms with Crippen LogP contribution >= 0.6 is 24.0 Å². The molecule has 4 rings (SSSR count). The Morgan fingerprint density at radius 3 is 2.70 bits per heavy atom. The Morgan fingerprint density at radius 2 is 2.07 bits per heavy atom. The van der Waals surface area contributed by atoms with Crippen LogP contribution in [-0.4, -0.2) is 58.4 Å². The number of guanidine groups is 1. The van der Waals surface area contributed by atoms with Crippen LogP contribution in [0.15, 0.2) is 23.2 Å². The molecular weight excluding hydrogens is 497 g/mol. The smallest absolute Gasteiger partial charge is 0.322 e. The van der Waals surface area contributed by atoms with E-state index in [1.54, 1.807) is 7.05 Å². The molecular formula is C20H28IN7O2. The Labute approximate surface area is 192 Å². The van der Waals surface area contributed by atoms with E-state index in [0.29, 0.717) is 6.54 Å². The zero-order valence-electron chi connectivity index (χ0n) is 17.4. The summed E-state index contributed by atoms with van der Waals surface area (Å²) in [5.41, 5.74) is 2.35. The number of hydrogen-bond acceptors (Lipinski definition) is 4. The van der Waals surface area contributed by atoms with E-state index in [4.69, 9.17) is 0 Å². The normalized spacial score (nSPS) is 22.6. The number of nitrogens with zero attached hydrogens (tertiary/aromatic N) is 3. The maximum absolute atomic E-state index is 12.2. The van der Waals surface area contributed by atoms with Crippen molar-refractivity contribution in [3.8, 4) is 0 Å². The van der Waals surface area contributed by atoms with Gasteiger partial charge in [-0.25, -0.2) is 9.78 Å². The van der Waals surface area contributed by atoms with E-state index in [9.17, 15) is 9.59 Å². The molecule has 9 nitrogen and oxygen atoms in total. The number of hydrogen-bond donors (Lipinski definition) is 4. The van der Waals surface area contributed by atoms with Crippen LogP contribution in [0.25, 0.3) is 11.0 Å². The third kappa shape index (κ3) is 4.23. The van der Waals surface area contributed by atoms with Crippen LogP contribution in [0.4, 0.5) is 4.79 Å². The number of imidazole rings is 1. The SMILES string of the molecule is CN=C(NCc1nc2ccc(C)cc2[nH]1)N1CCC(C2(C)NC(=O)NC2=O)CC1.I. The van der Waals surface area contributed by atoms with Crippen molar-refractivity contribution in [3.63, 3.8) is 0 Å². The summed E-state index contributed by atoms with van der Waals surface area (Å²) in [6.07, 6.45) is 1.60. The van der Waals surface area contributed by atoms with E-state index in [2.05, 4.69) is 54.9 Å². The monoisotopic (exact) mass is 525 g/mol. The van der Waals surface area contributed by atoms with Gasteiger partial charge in [-0.15, -0.1) is 24.0 Å². The van der Waals surface area contributed by atoms with Gasteiger partial charge in [-0.05, 0) is 50.3 Å². The Balaban J connectivity index is 0.00000256. The van der Waals surface area contributed by atoms with Gasteiger partial charge in [0.15, 0.2) is 5.96 Å². The van der Waals surface area contributed by atoms with Gasteiger partial charge in [0.2, 0.25) is 0 Å². The molecule has 2 aliphatic rings. The van der Waals surface area contributed by atoms with E-state index in [1.807, 2.05) is 13.0 Å². The number of aromatic amines is 1. The van der Waals surface area contributed by atoms with E-state index in [-0.39, 0.29) is 35.8 Å². The number of aliphatic imine (C=N–C) groups is 1. The average molecular weight is 525 g/mol. The highest BCUT2D eigenvalue weighted by Gasteiger charge is 2.48. The molecule has 10 heteroatoms. The summed E-state index contributed by atoms with van der Waals surface area (Å²) >= 11 is 0. The molecule has 2 fully saturated rings. The summed E-state index contributed by atoms with van der Waals surface area (Å²) in [6.45, 7) is 5.95. The number of nitrogens with one attached hydrogen (secondary N) is 4. The lowest BCUT2D eigenvalue weighted by atomic mass is 9.79. The number of H-pyrrole nitrogens is 1. The van der Waals surface area contributed by atoms with Crippen molar-refractivity contribution in [2.75, 3.05) is 20.1 Å². The minimum atomic E-state index is -0.827. The van der Waals surface area contributed by atoms with Crippen LogP contribution < -0.4 is 16.0 Å². The number of imide groups is 1. The molecule has 1 aromatic heterocycles. The van der Waals surface area contributed by atoms with Crippen molar-refractivity contribution in [3.05, 3.63) is 29.6 Å². The Hall–Kier alpha value is -2.37. The predicted octanol–water partition coefficient (Wildman–Crippen LogP) is 1.87. The minimum Gasteiger partial charge on any atom is -0.349 e. The molecule has 30 heavy (non-hydrogen) atoms. The fourth-order valence-corrected chi connectivity index (χ4v) is 4.27. The van der Waals surface area contributed by atoms with Gasteiger partial charge in [0.25, 0.3) is 5.91 Å². The van der Waals surface area contributed by atoms with Crippen molar-refractivity contribution in [2.24, 2.45) is 10.9 Å². The quantitative estimate of drug-likeness (QED) is 0.212. The van der Waals surface area contributed by atoms with Gasteiger partial charge in [0.05, 0.1) is 17.6 Å². The highest BCUT2D eigenvalue weighted by Crippen LogP contribution is 2.30. The van der Waals surface area contributed by atoms with Crippen LogP contribution in [0.5, 0.6) is 0 Å². The third-order valence-corrected chi connectivity index (χ3v) is 6.00. The number of piperidine rings is 1. The number of rotatable bonds is 3. The Kier molecular flexibility index (Phi) is 6.53. The third-order valence-electron chi connectivity index (χ3n) is 6.00. The van der Waals surface area contributed by atoms with Crippen LogP contribution in [0.1, 0.15) is 31.2 Å². The van der Waals surface area contributed by atoms with Crippen molar-refractivity contribution in [1.82, 2.24) is 30.8 Å². The molecule has 4 N–H and O–H groups in total. The summed E-state index contributed by atoms with van der Waals surface area (Å²) < 4.78 is 0. The second kappa shape index (κ2) is 8.78. The Bertz CT molecular complexity index is 981. The first kappa shape index (κ1) is 22.3. The fraction of sp³-hybridized carbons (Fsp3) is 0.500. The van der Waals surface area contributed by atoms with Gasteiger partial charge in [-0.2, -0.15) is 0 Å². The number of benzene rings is 1. The molecule has 1 atom stereocenters. The lowest BCUT2D eigenvalue weighted by Gasteiger charge is -2.39. The zero-order chi connectivity index (χ0) is 20.6. The second-order valence-corrected chi connectivity index (χ2v) is 7.98. The Morgan fingerprint density at radius 1 is 1.33 bits per heavy atom. The summed E-state index contributed by atoms with van der Waals surface area (Å²) in [7, 11) is 1.77. The van der Waals surface area contributed by atoms with Gasteiger partial charge < -0.3 is 20.5 Å². The van der Waals surface area contributed by atoms with E-state index >= 15 is 0 Å². The highest BCUT2D eigenvalue weighted by atomic mass is 127. The molecule has 1 unspecified atom stereocenters. The van der Waals surface area contributed by atoms with E-state index in [1.165, 1.54) is 5.56 Å². The van der Waals surface area contributed by atoms with Crippen molar-refractivity contribution >= 4 is 52.9 Å². The van der Waals surface area contributed by atoms with Gasteiger partial charge in [-0.3, -0.25) is 15.1 Å². The first-order valence-electron chi connectivity index (χ1n) is 9.93. The summed E-state index contributed by atoms with van der Waals surface area (Å²) in [6, 6.07) is 5.75. The van der Waals surface area contributed by atoms with Crippen molar-refractivity contribution in [2.45, 2.75) is 38.8 Å². The highest BCUT2D eigenvalue weighted by molar-refractivity contribution is 14.0. The van der Waals surface area contributed by atoms with Crippen molar-refractivity contribution in [1.29, 1.82) is 0 Å². The number of carbonyl (C=O) groups is 2. The van der Waals surface area contributed by atoms with Gasteiger partial charge in [-0.1, -0.05) is 6.07 Å². The number of urea groups is 1. The summed E-state index contributed by atoms with van der Waals surface area (Å²) in [4.78, 5) is 38.3. The first-order valence-corrected chi connectivity index (χ1v) is 9.93. The number of halogens is 1. The fourth-order valence-electron chi connectivity index (χ4n) is 4.27. The van der Waals surface area contributed by atoms with E-state index in [0.717, 1.165) is 48.7 Å². The topological polar surface area (TPSA) is 115 Å². The molecule has 0 bridgehead atoms. The average Bonchev–Trinajstić information content (AvgIpc) is 3.22. The standard InChI is InChI=1S/C20H27N7O2.HI/c1-12-4-5-14-15(10-12)24-16(23-14)11-22-18(21-3)27-8-6-13(7-9-27)20(2)17(28)25-19(29)26-20;/h4-5,10,13H,6-9,11H2,1-3H3,(H,21,22)(H,23,24)(H2,25,26,28,29);1H. The molecule has 3 heterocycles. The van der Waals surface area contributed by atoms with Crippen LogP contribution in [-0.2, 0) is 11.3 Å². The van der Waals surface area contributed by atoms with E-state index < -0.39 is 11.6 Å². The predicted molar refractivity (Wildman–Crippen MR) is 126 cm³/mol. The van der Waals surface area contributed by atoms with Gasteiger partial charge in [0.1, 0.15) is 11.4 Å². The number of likely N-dealkylation sites (tertiary alicyclic amines) is 1. The van der Waals surface area contributed by atoms with Crippen LogP contribution in [0, 0.1) is 12.8 Å². The number of aryl methyl sites for hydroxylation is 1. The van der Waals surface area contributed by atoms with Crippen LogP contribution in [0.2, 0.25) is 0 Å². The number of carbonyl (C=O) groups excluding carboxylic acids is 2.